The second-order valence-corrected chi connectivity index (χ2v) is 6.15. The fourth-order valence-corrected chi connectivity index (χ4v) is 3.69. The molecule has 0 aliphatic heterocycles. The summed E-state index contributed by atoms with van der Waals surface area (Å²) in [6, 6.07) is 5.82. The Morgan fingerprint density at radius 1 is 1.14 bits per heavy atom. The van der Waals surface area contributed by atoms with Crippen molar-refractivity contribution < 1.29 is 14.7 Å². The Bertz CT molecular complexity index is 635. The van der Waals surface area contributed by atoms with Crippen molar-refractivity contribution in [3.63, 3.8) is 0 Å². The highest BCUT2D eigenvalue weighted by molar-refractivity contribution is 5.96. The van der Waals surface area contributed by atoms with E-state index in [-0.39, 0.29) is 17.7 Å². The molecular formula is C17H19NO3. The van der Waals surface area contributed by atoms with Gasteiger partial charge in [0.05, 0.1) is 11.8 Å². The normalized spacial score (nSPS) is 29.6. The van der Waals surface area contributed by atoms with Crippen LogP contribution in [0.4, 0.5) is 5.69 Å². The molecule has 4 nitrogen and oxygen atoms in total. The van der Waals surface area contributed by atoms with Crippen molar-refractivity contribution in [1.82, 2.24) is 0 Å². The van der Waals surface area contributed by atoms with E-state index in [4.69, 9.17) is 0 Å². The number of anilines is 1. The van der Waals surface area contributed by atoms with Gasteiger partial charge in [0, 0.05) is 5.69 Å². The lowest BCUT2D eigenvalue weighted by Crippen LogP contribution is -2.36. The van der Waals surface area contributed by atoms with Gasteiger partial charge in [0.1, 0.15) is 0 Å². The molecule has 1 amide bonds. The SMILES string of the molecule is Cc1ccc(NC(=O)[C@@H]2C3C=CC(C3)[C@@H]2C(=O)O)c(C)c1. The van der Waals surface area contributed by atoms with Gasteiger partial charge in [-0.2, -0.15) is 0 Å². The summed E-state index contributed by atoms with van der Waals surface area (Å²) >= 11 is 0. The molecule has 4 heteroatoms. The topological polar surface area (TPSA) is 66.4 Å². The molecule has 2 bridgehead atoms. The van der Waals surface area contributed by atoms with Crippen LogP contribution in [0.25, 0.3) is 0 Å². The number of aryl methyl sites for hydroxylation is 2. The van der Waals surface area contributed by atoms with Crippen LogP contribution in [-0.2, 0) is 9.59 Å². The Hall–Kier alpha value is -2.10. The molecule has 2 N–H and O–H groups in total. The molecule has 1 saturated carbocycles. The molecule has 3 rings (SSSR count). The summed E-state index contributed by atoms with van der Waals surface area (Å²) in [5.74, 6) is -2.04. The molecule has 2 unspecified atom stereocenters. The number of carboxylic acid groups (broad SMARTS) is 1. The highest BCUT2D eigenvalue weighted by atomic mass is 16.4. The summed E-state index contributed by atoms with van der Waals surface area (Å²) in [6.45, 7) is 3.94. The first kappa shape index (κ1) is 13.9. The molecule has 0 aromatic heterocycles. The molecule has 2 aliphatic rings. The van der Waals surface area contributed by atoms with E-state index in [1.807, 2.05) is 44.2 Å². The minimum atomic E-state index is -0.868. The van der Waals surface area contributed by atoms with Gasteiger partial charge in [-0.3, -0.25) is 9.59 Å². The van der Waals surface area contributed by atoms with Crippen molar-refractivity contribution in [2.24, 2.45) is 23.7 Å². The van der Waals surface area contributed by atoms with Gasteiger partial charge in [0.2, 0.25) is 5.91 Å². The summed E-state index contributed by atoms with van der Waals surface area (Å²) in [4.78, 5) is 24.0. The molecule has 110 valence electrons. The van der Waals surface area contributed by atoms with Gasteiger partial charge in [0.25, 0.3) is 0 Å². The van der Waals surface area contributed by atoms with E-state index in [9.17, 15) is 14.7 Å². The quantitative estimate of drug-likeness (QED) is 0.839. The molecule has 1 aromatic carbocycles. The predicted octanol–water partition coefficient (Wildman–Crippen LogP) is 2.76. The van der Waals surface area contributed by atoms with Crippen LogP contribution < -0.4 is 5.32 Å². The lowest BCUT2D eigenvalue weighted by molar-refractivity contribution is -0.146. The van der Waals surface area contributed by atoms with Crippen molar-refractivity contribution in [1.29, 1.82) is 0 Å². The number of hydrogen-bond acceptors (Lipinski definition) is 2. The summed E-state index contributed by atoms with van der Waals surface area (Å²) in [5.41, 5.74) is 2.90. The van der Waals surface area contributed by atoms with Gasteiger partial charge >= 0.3 is 5.97 Å². The molecule has 1 fully saturated rings. The fourth-order valence-electron chi connectivity index (χ4n) is 3.69. The van der Waals surface area contributed by atoms with Crippen LogP contribution in [0.2, 0.25) is 0 Å². The van der Waals surface area contributed by atoms with Crippen LogP contribution in [0.5, 0.6) is 0 Å². The largest absolute Gasteiger partial charge is 0.481 e. The standard InChI is InChI=1S/C17H19NO3/c1-9-3-6-13(10(2)7-9)18-16(19)14-11-4-5-12(8-11)15(14)17(20)21/h3-7,11-12,14-15H,8H2,1-2H3,(H,18,19)(H,20,21)/t11?,12?,14-,15+/m1/s1. The van der Waals surface area contributed by atoms with E-state index in [1.54, 1.807) is 0 Å². The van der Waals surface area contributed by atoms with Crippen molar-refractivity contribution in [2.45, 2.75) is 20.3 Å². The van der Waals surface area contributed by atoms with Gasteiger partial charge < -0.3 is 10.4 Å². The lowest BCUT2D eigenvalue weighted by atomic mass is 9.82. The minimum absolute atomic E-state index is 0.00219. The first-order valence-corrected chi connectivity index (χ1v) is 7.26. The van der Waals surface area contributed by atoms with Gasteiger partial charge in [-0.1, -0.05) is 29.8 Å². The molecule has 0 heterocycles. The molecule has 4 atom stereocenters. The molecule has 1 aromatic rings. The number of rotatable bonds is 3. The number of aliphatic carboxylic acids is 1. The Labute approximate surface area is 123 Å². The van der Waals surface area contributed by atoms with Crippen LogP contribution in [0.3, 0.4) is 0 Å². The highest BCUT2D eigenvalue weighted by Crippen LogP contribution is 2.48. The van der Waals surface area contributed by atoms with Gasteiger partial charge in [-0.25, -0.2) is 0 Å². The van der Waals surface area contributed by atoms with Gasteiger partial charge in [-0.05, 0) is 43.7 Å². The van der Waals surface area contributed by atoms with Crippen LogP contribution in [0.1, 0.15) is 17.5 Å². The highest BCUT2D eigenvalue weighted by Gasteiger charge is 2.51. The number of carboxylic acids is 1. The van der Waals surface area contributed by atoms with Crippen LogP contribution in [0, 0.1) is 37.5 Å². The molecule has 0 saturated heterocycles. The second kappa shape index (κ2) is 5.02. The Morgan fingerprint density at radius 3 is 2.43 bits per heavy atom. The Balaban J connectivity index is 1.82. The van der Waals surface area contributed by atoms with Crippen LogP contribution >= 0.6 is 0 Å². The van der Waals surface area contributed by atoms with Gasteiger partial charge in [-0.15, -0.1) is 0 Å². The zero-order chi connectivity index (χ0) is 15.1. The van der Waals surface area contributed by atoms with Crippen molar-refractivity contribution in [3.8, 4) is 0 Å². The van der Waals surface area contributed by atoms with Crippen molar-refractivity contribution in [3.05, 3.63) is 41.5 Å². The summed E-state index contributed by atoms with van der Waals surface area (Å²) in [7, 11) is 0. The maximum absolute atomic E-state index is 12.5. The number of nitrogens with one attached hydrogen (secondary N) is 1. The first-order valence-electron chi connectivity index (χ1n) is 7.26. The monoisotopic (exact) mass is 285 g/mol. The molecule has 0 spiro atoms. The third kappa shape index (κ3) is 2.35. The number of hydrogen-bond donors (Lipinski definition) is 2. The van der Waals surface area contributed by atoms with Crippen molar-refractivity contribution in [2.75, 3.05) is 5.32 Å². The summed E-state index contributed by atoms with van der Waals surface area (Å²) in [6.07, 6.45) is 4.72. The molecule has 21 heavy (non-hydrogen) atoms. The van der Waals surface area contributed by atoms with Crippen molar-refractivity contribution >= 4 is 17.6 Å². The van der Waals surface area contributed by atoms with E-state index >= 15 is 0 Å². The van der Waals surface area contributed by atoms with E-state index in [1.165, 1.54) is 0 Å². The number of benzene rings is 1. The Kier molecular flexibility index (Phi) is 3.32. The Morgan fingerprint density at radius 2 is 1.81 bits per heavy atom. The van der Waals surface area contributed by atoms with E-state index in [0.29, 0.717) is 0 Å². The lowest BCUT2D eigenvalue weighted by Gasteiger charge is -2.24. The van der Waals surface area contributed by atoms with Crippen LogP contribution in [-0.4, -0.2) is 17.0 Å². The first-order chi connectivity index (χ1) is 9.97. The molecular weight excluding hydrogens is 266 g/mol. The smallest absolute Gasteiger partial charge is 0.307 e. The van der Waals surface area contributed by atoms with E-state index < -0.39 is 17.8 Å². The average Bonchev–Trinajstić information content (AvgIpc) is 3.02. The van der Waals surface area contributed by atoms with E-state index in [0.717, 1.165) is 23.2 Å². The maximum Gasteiger partial charge on any atom is 0.307 e. The third-order valence-corrected chi connectivity index (χ3v) is 4.69. The molecule has 2 aliphatic carbocycles. The number of amides is 1. The zero-order valence-electron chi connectivity index (χ0n) is 12.2. The minimum Gasteiger partial charge on any atom is -0.481 e. The number of fused-ring (bicyclic) bond motifs is 2. The average molecular weight is 285 g/mol. The van der Waals surface area contributed by atoms with Crippen LogP contribution in [0.15, 0.2) is 30.4 Å². The summed E-state index contributed by atoms with van der Waals surface area (Å²) < 4.78 is 0. The fraction of sp³-hybridized carbons (Fsp3) is 0.412. The van der Waals surface area contributed by atoms with E-state index in [2.05, 4.69) is 5.32 Å². The zero-order valence-corrected chi connectivity index (χ0v) is 12.2. The second-order valence-electron chi connectivity index (χ2n) is 6.15. The number of carbonyl (C=O) groups is 2. The third-order valence-electron chi connectivity index (χ3n) is 4.69. The van der Waals surface area contributed by atoms with Gasteiger partial charge in [0.15, 0.2) is 0 Å². The number of carbonyl (C=O) groups excluding carboxylic acids is 1. The molecule has 0 radical (unpaired) electrons. The number of allylic oxidation sites excluding steroid dienone is 2. The maximum atomic E-state index is 12.5. The predicted molar refractivity (Wildman–Crippen MR) is 79.9 cm³/mol. The summed E-state index contributed by atoms with van der Waals surface area (Å²) in [5, 5.41) is 12.3.